The van der Waals surface area contributed by atoms with Crippen LogP contribution in [0.3, 0.4) is 0 Å². The Morgan fingerprint density at radius 2 is 1.85 bits per heavy atom. The molecule has 0 unspecified atom stereocenters. The van der Waals surface area contributed by atoms with Crippen molar-refractivity contribution in [2.75, 3.05) is 0 Å². The van der Waals surface area contributed by atoms with Crippen molar-refractivity contribution in [1.29, 1.82) is 0 Å². The zero-order valence-corrected chi connectivity index (χ0v) is 13.1. The first kappa shape index (κ1) is 14.8. The Bertz CT molecular complexity index is 665. The molecule has 0 aliphatic carbocycles. The Morgan fingerprint density at radius 3 is 2.55 bits per heavy atom. The zero-order chi connectivity index (χ0) is 14.5. The number of carbonyl (C=O) groups excluding carboxylic acids is 1. The van der Waals surface area contributed by atoms with Gasteiger partial charge in [-0.2, -0.15) is 0 Å². The minimum Gasteiger partial charge on any atom is -0.426 e. The number of benzene rings is 2. The molecule has 0 atom stereocenters. The van der Waals surface area contributed by atoms with Gasteiger partial charge in [0, 0.05) is 22.0 Å². The van der Waals surface area contributed by atoms with Gasteiger partial charge in [-0.15, -0.1) is 0 Å². The van der Waals surface area contributed by atoms with Crippen molar-refractivity contribution < 1.29 is 9.53 Å². The summed E-state index contributed by atoms with van der Waals surface area (Å²) in [5.41, 5.74) is 1.78. The molecule has 0 heterocycles. The predicted octanol–water partition coefficient (Wildman–Crippen LogP) is 5.20. The highest BCUT2D eigenvalue weighted by Gasteiger charge is 2.05. The Kier molecular flexibility index (Phi) is 4.99. The van der Waals surface area contributed by atoms with Crippen molar-refractivity contribution in [3.63, 3.8) is 0 Å². The molecule has 2 rings (SSSR count). The lowest BCUT2D eigenvalue weighted by Crippen LogP contribution is -2.02. The molecule has 4 heteroatoms. The summed E-state index contributed by atoms with van der Waals surface area (Å²) >= 11 is 9.46. The Morgan fingerprint density at radius 1 is 1.15 bits per heavy atom. The highest BCUT2D eigenvalue weighted by molar-refractivity contribution is 9.10. The van der Waals surface area contributed by atoms with Crippen molar-refractivity contribution in [1.82, 2.24) is 0 Å². The van der Waals surface area contributed by atoms with Gasteiger partial charge >= 0.3 is 5.97 Å². The number of carbonyl (C=O) groups is 1. The molecule has 102 valence electrons. The zero-order valence-electron chi connectivity index (χ0n) is 10.8. The molecule has 0 saturated carbocycles. The topological polar surface area (TPSA) is 26.3 Å². The van der Waals surface area contributed by atoms with Crippen LogP contribution in [0, 0.1) is 0 Å². The smallest absolute Gasteiger partial charge is 0.308 e. The summed E-state index contributed by atoms with van der Waals surface area (Å²) in [6.45, 7) is 1.37. The fourth-order valence-corrected chi connectivity index (χ4v) is 2.28. The van der Waals surface area contributed by atoms with Crippen molar-refractivity contribution in [3.8, 4) is 5.75 Å². The molecule has 0 aliphatic rings. The predicted molar refractivity (Wildman–Crippen MR) is 85.8 cm³/mol. The van der Waals surface area contributed by atoms with Gasteiger partial charge in [0.2, 0.25) is 0 Å². The molecule has 0 saturated heterocycles. The molecule has 2 aromatic rings. The van der Waals surface area contributed by atoms with Gasteiger partial charge in [-0.05, 0) is 29.8 Å². The van der Waals surface area contributed by atoms with Crippen molar-refractivity contribution in [2.45, 2.75) is 6.92 Å². The standard InChI is InChI=1S/C16H12BrClO2/c1-11(19)20-16-9-8-14(18)10-13(16)7-6-12-4-2-3-5-15(12)17/h2-10H,1H3. The van der Waals surface area contributed by atoms with E-state index in [1.807, 2.05) is 36.4 Å². The first-order valence-corrected chi connectivity index (χ1v) is 7.14. The van der Waals surface area contributed by atoms with E-state index in [2.05, 4.69) is 15.9 Å². The number of halogens is 2. The van der Waals surface area contributed by atoms with Crippen molar-refractivity contribution >= 4 is 45.7 Å². The van der Waals surface area contributed by atoms with E-state index < -0.39 is 0 Å². The van der Waals surface area contributed by atoms with Crippen LogP contribution in [0.5, 0.6) is 5.75 Å². The van der Waals surface area contributed by atoms with E-state index in [9.17, 15) is 4.79 Å². The summed E-state index contributed by atoms with van der Waals surface area (Å²) in [6, 6.07) is 13.0. The molecule has 2 nitrogen and oxygen atoms in total. The van der Waals surface area contributed by atoms with Crippen LogP contribution in [0.4, 0.5) is 0 Å². The van der Waals surface area contributed by atoms with Gasteiger partial charge in [-0.25, -0.2) is 0 Å². The van der Waals surface area contributed by atoms with Crippen LogP contribution in [-0.2, 0) is 4.79 Å². The fourth-order valence-electron chi connectivity index (χ4n) is 1.69. The average Bonchev–Trinajstić information content (AvgIpc) is 2.40. The highest BCUT2D eigenvalue weighted by atomic mass is 79.9. The van der Waals surface area contributed by atoms with E-state index in [0.29, 0.717) is 10.8 Å². The normalized spacial score (nSPS) is 10.8. The summed E-state index contributed by atoms with van der Waals surface area (Å²) in [5.74, 6) is 0.132. The lowest BCUT2D eigenvalue weighted by atomic mass is 10.1. The van der Waals surface area contributed by atoms with Crippen LogP contribution in [0.1, 0.15) is 18.1 Å². The molecule has 0 spiro atoms. The van der Waals surface area contributed by atoms with E-state index in [-0.39, 0.29) is 5.97 Å². The molecule has 0 aromatic heterocycles. The van der Waals surface area contributed by atoms with Crippen LogP contribution in [-0.4, -0.2) is 5.97 Å². The average molecular weight is 352 g/mol. The summed E-state index contributed by atoms with van der Waals surface area (Å²) in [6.07, 6.45) is 3.80. The molecule has 0 amide bonds. The maximum Gasteiger partial charge on any atom is 0.308 e. The van der Waals surface area contributed by atoms with Crippen LogP contribution in [0.15, 0.2) is 46.9 Å². The number of hydrogen-bond acceptors (Lipinski definition) is 2. The van der Waals surface area contributed by atoms with Crippen molar-refractivity contribution in [2.24, 2.45) is 0 Å². The minimum absolute atomic E-state index is 0.358. The Balaban J connectivity index is 2.35. The number of hydrogen-bond donors (Lipinski definition) is 0. The van der Waals surface area contributed by atoms with Gasteiger partial charge in [0.05, 0.1) is 0 Å². The first-order valence-electron chi connectivity index (χ1n) is 5.97. The van der Waals surface area contributed by atoms with Crippen LogP contribution in [0.2, 0.25) is 5.02 Å². The van der Waals surface area contributed by atoms with Crippen LogP contribution < -0.4 is 4.74 Å². The Labute approximate surface area is 131 Å². The van der Waals surface area contributed by atoms with Crippen molar-refractivity contribution in [3.05, 3.63) is 63.1 Å². The molecule has 20 heavy (non-hydrogen) atoms. The maximum atomic E-state index is 11.1. The molecule has 0 radical (unpaired) electrons. The second-order valence-corrected chi connectivity index (χ2v) is 5.42. The van der Waals surface area contributed by atoms with Gasteiger partial charge in [0.25, 0.3) is 0 Å². The van der Waals surface area contributed by atoms with Crippen LogP contribution >= 0.6 is 27.5 Å². The third-order valence-corrected chi connectivity index (χ3v) is 3.53. The molecule has 0 aliphatic heterocycles. The molecule has 0 bridgehead atoms. The number of esters is 1. The minimum atomic E-state index is -0.358. The van der Waals surface area contributed by atoms with Gasteiger partial charge in [0.1, 0.15) is 5.75 Å². The van der Waals surface area contributed by atoms with E-state index in [0.717, 1.165) is 15.6 Å². The van der Waals surface area contributed by atoms with Gasteiger partial charge < -0.3 is 4.74 Å². The number of ether oxygens (including phenoxy) is 1. The summed E-state index contributed by atoms with van der Waals surface area (Å²) < 4.78 is 6.15. The fraction of sp³-hybridized carbons (Fsp3) is 0.0625. The van der Waals surface area contributed by atoms with E-state index in [1.54, 1.807) is 18.2 Å². The van der Waals surface area contributed by atoms with Crippen LogP contribution in [0.25, 0.3) is 12.2 Å². The second kappa shape index (κ2) is 6.73. The SMILES string of the molecule is CC(=O)Oc1ccc(Cl)cc1C=Cc1ccccc1Br. The molecule has 2 aromatic carbocycles. The molecule has 0 fully saturated rings. The van der Waals surface area contributed by atoms with E-state index in [1.165, 1.54) is 6.92 Å². The maximum absolute atomic E-state index is 11.1. The van der Waals surface area contributed by atoms with Gasteiger partial charge in [-0.1, -0.05) is 57.9 Å². The third-order valence-electron chi connectivity index (χ3n) is 2.57. The Hall–Kier alpha value is -1.58. The molecular formula is C16H12BrClO2. The summed E-state index contributed by atoms with van der Waals surface area (Å²) in [7, 11) is 0. The largest absolute Gasteiger partial charge is 0.426 e. The quantitative estimate of drug-likeness (QED) is 0.432. The highest BCUT2D eigenvalue weighted by Crippen LogP contribution is 2.26. The number of rotatable bonds is 3. The lowest BCUT2D eigenvalue weighted by Gasteiger charge is -2.06. The van der Waals surface area contributed by atoms with Gasteiger partial charge in [-0.3, -0.25) is 4.79 Å². The first-order chi connectivity index (χ1) is 9.56. The molecular weight excluding hydrogens is 340 g/mol. The lowest BCUT2D eigenvalue weighted by molar-refractivity contribution is -0.131. The van der Waals surface area contributed by atoms with Gasteiger partial charge in [0.15, 0.2) is 0 Å². The summed E-state index contributed by atoms with van der Waals surface area (Å²) in [4.78, 5) is 11.1. The van der Waals surface area contributed by atoms with E-state index >= 15 is 0 Å². The third kappa shape index (κ3) is 3.95. The monoisotopic (exact) mass is 350 g/mol. The second-order valence-electron chi connectivity index (χ2n) is 4.13. The van der Waals surface area contributed by atoms with E-state index in [4.69, 9.17) is 16.3 Å². The summed E-state index contributed by atoms with van der Waals surface area (Å²) in [5, 5.41) is 0.590. The molecule has 0 N–H and O–H groups in total.